The van der Waals surface area contributed by atoms with E-state index in [-0.39, 0.29) is 0 Å². The van der Waals surface area contributed by atoms with Crippen LogP contribution in [0.5, 0.6) is 0 Å². The molecule has 0 unspecified atom stereocenters. The Kier molecular flexibility index (Phi) is 14.8. The lowest BCUT2D eigenvalue weighted by Crippen LogP contribution is -1.82. The van der Waals surface area contributed by atoms with Gasteiger partial charge in [-0.1, -0.05) is 62.4 Å². The SMILES string of the molecule is CSSCCCCCCCSSC. The molecule has 0 saturated heterocycles. The minimum absolute atomic E-state index is 1.33. The summed E-state index contributed by atoms with van der Waals surface area (Å²) in [7, 11) is 7.75. The molecule has 0 spiro atoms. The third kappa shape index (κ3) is 13.4. The van der Waals surface area contributed by atoms with E-state index in [1.54, 1.807) is 0 Å². The van der Waals surface area contributed by atoms with Crippen molar-refractivity contribution in [2.24, 2.45) is 0 Å². The summed E-state index contributed by atoms with van der Waals surface area (Å²) in [5, 5.41) is 0. The Morgan fingerprint density at radius 1 is 0.615 bits per heavy atom. The Morgan fingerprint density at radius 3 is 1.38 bits per heavy atom. The minimum Gasteiger partial charge on any atom is -0.0976 e. The third-order valence-corrected chi connectivity index (χ3v) is 5.49. The summed E-state index contributed by atoms with van der Waals surface area (Å²) in [5.41, 5.74) is 0. The molecular formula is C9H20S4. The summed E-state index contributed by atoms with van der Waals surface area (Å²) in [6.45, 7) is 0. The van der Waals surface area contributed by atoms with Crippen LogP contribution in [0.25, 0.3) is 0 Å². The molecule has 0 aromatic heterocycles. The molecule has 0 heterocycles. The molecule has 0 N–H and O–H groups in total. The number of unbranched alkanes of at least 4 members (excludes halogenated alkanes) is 4. The average Bonchev–Trinajstić information content (AvgIpc) is 2.16. The predicted molar refractivity (Wildman–Crippen MR) is 75.0 cm³/mol. The van der Waals surface area contributed by atoms with Crippen molar-refractivity contribution in [2.75, 3.05) is 24.0 Å². The van der Waals surface area contributed by atoms with Crippen molar-refractivity contribution in [3.05, 3.63) is 0 Å². The summed E-state index contributed by atoms with van der Waals surface area (Å²) in [4.78, 5) is 0. The van der Waals surface area contributed by atoms with Crippen LogP contribution in [0.3, 0.4) is 0 Å². The Bertz CT molecular complexity index is 77.7. The fourth-order valence-electron chi connectivity index (χ4n) is 1.02. The van der Waals surface area contributed by atoms with Crippen molar-refractivity contribution in [1.82, 2.24) is 0 Å². The second kappa shape index (κ2) is 13.4. The minimum atomic E-state index is 1.33. The maximum absolute atomic E-state index is 2.16. The second-order valence-corrected chi connectivity index (χ2v) is 8.11. The first kappa shape index (κ1) is 14.4. The van der Waals surface area contributed by atoms with Crippen LogP contribution in [0.4, 0.5) is 0 Å². The maximum atomic E-state index is 2.16. The van der Waals surface area contributed by atoms with Gasteiger partial charge in [-0.25, -0.2) is 0 Å². The summed E-state index contributed by atoms with van der Waals surface area (Å²) in [5.74, 6) is 2.67. The standard InChI is InChI=1S/C9H20S4/c1-10-12-8-6-4-3-5-7-9-13-11-2/h3-9H2,1-2H3. The van der Waals surface area contributed by atoms with Crippen LogP contribution in [0.15, 0.2) is 0 Å². The molecule has 4 heteroatoms. The predicted octanol–water partition coefficient (Wildman–Crippen LogP) is 4.96. The molecule has 0 bridgehead atoms. The molecule has 0 aromatic carbocycles. The molecule has 0 amide bonds. The van der Waals surface area contributed by atoms with Gasteiger partial charge in [-0.15, -0.1) is 0 Å². The highest BCUT2D eigenvalue weighted by atomic mass is 33.1. The number of hydrogen-bond acceptors (Lipinski definition) is 4. The summed E-state index contributed by atoms with van der Waals surface area (Å²) < 4.78 is 0. The molecule has 0 aromatic rings. The second-order valence-electron chi connectivity index (χ2n) is 2.75. The zero-order valence-corrected chi connectivity index (χ0v) is 11.8. The van der Waals surface area contributed by atoms with Gasteiger partial charge in [0.2, 0.25) is 0 Å². The van der Waals surface area contributed by atoms with Crippen LogP contribution in [0.1, 0.15) is 32.1 Å². The fourth-order valence-corrected chi connectivity index (χ4v) is 3.70. The van der Waals surface area contributed by atoms with Crippen molar-refractivity contribution in [2.45, 2.75) is 32.1 Å². The molecule has 0 radical (unpaired) electrons. The Hall–Kier alpha value is 1.40. The van der Waals surface area contributed by atoms with Crippen LogP contribution < -0.4 is 0 Å². The largest absolute Gasteiger partial charge is 0.0976 e. The summed E-state index contributed by atoms with van der Waals surface area (Å²) >= 11 is 0. The Balaban J connectivity index is 2.76. The average molecular weight is 257 g/mol. The molecule has 80 valence electrons. The smallest absolute Gasteiger partial charge is 0.00368 e. The third-order valence-electron chi connectivity index (χ3n) is 1.69. The van der Waals surface area contributed by atoms with E-state index in [4.69, 9.17) is 0 Å². The van der Waals surface area contributed by atoms with E-state index in [2.05, 4.69) is 12.5 Å². The Labute approximate surface area is 99.0 Å². The van der Waals surface area contributed by atoms with Crippen LogP contribution in [0, 0.1) is 0 Å². The van der Waals surface area contributed by atoms with Crippen LogP contribution in [-0.2, 0) is 0 Å². The van der Waals surface area contributed by atoms with Gasteiger partial charge in [0.1, 0.15) is 0 Å². The van der Waals surface area contributed by atoms with Gasteiger partial charge in [0.25, 0.3) is 0 Å². The van der Waals surface area contributed by atoms with E-state index < -0.39 is 0 Å². The first-order chi connectivity index (χ1) is 6.41. The van der Waals surface area contributed by atoms with Crippen molar-refractivity contribution < 1.29 is 0 Å². The normalized spacial score (nSPS) is 10.6. The van der Waals surface area contributed by atoms with E-state index in [1.165, 1.54) is 43.6 Å². The zero-order chi connectivity index (χ0) is 9.78. The van der Waals surface area contributed by atoms with Crippen LogP contribution >= 0.6 is 43.2 Å². The molecule has 13 heavy (non-hydrogen) atoms. The van der Waals surface area contributed by atoms with Crippen molar-refractivity contribution >= 4 is 43.2 Å². The maximum Gasteiger partial charge on any atom is 0.00368 e. The van der Waals surface area contributed by atoms with Gasteiger partial charge >= 0.3 is 0 Å². The van der Waals surface area contributed by atoms with E-state index in [0.29, 0.717) is 0 Å². The highest BCUT2D eigenvalue weighted by Crippen LogP contribution is 2.20. The van der Waals surface area contributed by atoms with Gasteiger partial charge in [0.05, 0.1) is 0 Å². The van der Waals surface area contributed by atoms with Gasteiger partial charge in [-0.05, 0) is 25.4 Å². The van der Waals surface area contributed by atoms with E-state index in [0.717, 1.165) is 0 Å². The molecule has 0 aliphatic carbocycles. The lowest BCUT2D eigenvalue weighted by molar-refractivity contribution is 0.663. The molecule has 0 aliphatic rings. The zero-order valence-electron chi connectivity index (χ0n) is 8.58. The first-order valence-electron chi connectivity index (χ1n) is 4.73. The van der Waals surface area contributed by atoms with Gasteiger partial charge in [-0.2, -0.15) is 0 Å². The van der Waals surface area contributed by atoms with Crippen LogP contribution in [-0.4, -0.2) is 24.0 Å². The molecule has 0 atom stereocenters. The van der Waals surface area contributed by atoms with E-state index in [9.17, 15) is 0 Å². The molecule has 0 rings (SSSR count). The summed E-state index contributed by atoms with van der Waals surface area (Å²) in [6, 6.07) is 0. The summed E-state index contributed by atoms with van der Waals surface area (Å²) in [6.07, 6.45) is 11.4. The number of rotatable bonds is 10. The monoisotopic (exact) mass is 256 g/mol. The quantitative estimate of drug-likeness (QED) is 0.400. The van der Waals surface area contributed by atoms with E-state index in [1.807, 2.05) is 43.2 Å². The Morgan fingerprint density at radius 2 is 1.00 bits per heavy atom. The van der Waals surface area contributed by atoms with Crippen molar-refractivity contribution in [3.8, 4) is 0 Å². The molecular weight excluding hydrogens is 236 g/mol. The molecule has 0 saturated carbocycles. The lowest BCUT2D eigenvalue weighted by Gasteiger charge is -2.00. The lowest BCUT2D eigenvalue weighted by atomic mass is 10.2. The highest BCUT2D eigenvalue weighted by molar-refractivity contribution is 8.76. The number of hydrogen-bond donors (Lipinski definition) is 0. The molecule has 0 aliphatic heterocycles. The van der Waals surface area contributed by atoms with Crippen LogP contribution in [0.2, 0.25) is 0 Å². The van der Waals surface area contributed by atoms with Gasteiger partial charge < -0.3 is 0 Å². The van der Waals surface area contributed by atoms with E-state index >= 15 is 0 Å². The highest BCUT2D eigenvalue weighted by Gasteiger charge is 1.91. The first-order valence-corrected chi connectivity index (χ1v) is 10.2. The van der Waals surface area contributed by atoms with Gasteiger partial charge in [0.15, 0.2) is 0 Å². The fraction of sp³-hybridized carbons (Fsp3) is 1.00. The van der Waals surface area contributed by atoms with Crippen molar-refractivity contribution in [3.63, 3.8) is 0 Å². The molecule has 0 fully saturated rings. The van der Waals surface area contributed by atoms with Gasteiger partial charge in [0, 0.05) is 11.5 Å². The van der Waals surface area contributed by atoms with Gasteiger partial charge in [-0.3, -0.25) is 0 Å². The topological polar surface area (TPSA) is 0 Å². The van der Waals surface area contributed by atoms with Crippen molar-refractivity contribution in [1.29, 1.82) is 0 Å². The molecule has 0 nitrogen and oxygen atoms in total.